The van der Waals surface area contributed by atoms with E-state index in [0.29, 0.717) is 0 Å². The first-order chi connectivity index (χ1) is 6.79. The topological polar surface area (TPSA) is 17.1 Å². The lowest BCUT2D eigenvalue weighted by Gasteiger charge is -2.23. The molecule has 4 fully saturated rings. The van der Waals surface area contributed by atoms with Crippen LogP contribution in [0.25, 0.3) is 0 Å². The second-order valence-corrected chi connectivity index (χ2v) is 6.18. The van der Waals surface area contributed by atoms with E-state index < -0.39 is 0 Å². The van der Waals surface area contributed by atoms with Crippen LogP contribution in [0.1, 0.15) is 25.7 Å². The molecule has 0 radical (unpaired) electrons. The summed E-state index contributed by atoms with van der Waals surface area (Å²) in [6, 6.07) is 0. The van der Waals surface area contributed by atoms with E-state index in [-0.39, 0.29) is 11.2 Å². The van der Waals surface area contributed by atoms with Crippen LogP contribution in [0, 0.1) is 41.4 Å². The van der Waals surface area contributed by atoms with Gasteiger partial charge in [0.1, 0.15) is 0 Å². The standard InChI is InChI=1S/C12H15ClO/c13-12(14)11-9-7-4-8(10(9)11)6-3-1-2-5(6)7/h5-11H,1-4H2. The molecule has 4 rings (SSSR count). The van der Waals surface area contributed by atoms with Crippen LogP contribution in [-0.2, 0) is 4.79 Å². The smallest absolute Gasteiger partial charge is 0.225 e. The van der Waals surface area contributed by atoms with Crippen LogP contribution in [0.4, 0.5) is 0 Å². The van der Waals surface area contributed by atoms with Gasteiger partial charge >= 0.3 is 0 Å². The van der Waals surface area contributed by atoms with Crippen molar-refractivity contribution in [2.45, 2.75) is 25.7 Å². The van der Waals surface area contributed by atoms with E-state index in [1.165, 1.54) is 25.7 Å². The maximum absolute atomic E-state index is 11.2. The van der Waals surface area contributed by atoms with Crippen molar-refractivity contribution in [2.75, 3.05) is 0 Å². The van der Waals surface area contributed by atoms with Gasteiger partial charge in [0.15, 0.2) is 0 Å². The van der Waals surface area contributed by atoms with E-state index in [1.807, 2.05) is 0 Å². The molecule has 0 amide bonds. The van der Waals surface area contributed by atoms with Crippen LogP contribution in [-0.4, -0.2) is 5.24 Å². The molecule has 4 saturated carbocycles. The number of hydrogen-bond donors (Lipinski definition) is 0. The van der Waals surface area contributed by atoms with Crippen molar-refractivity contribution in [1.29, 1.82) is 0 Å². The number of hydrogen-bond acceptors (Lipinski definition) is 1. The maximum Gasteiger partial charge on any atom is 0.225 e. The summed E-state index contributed by atoms with van der Waals surface area (Å²) in [6.07, 6.45) is 5.77. The van der Waals surface area contributed by atoms with Gasteiger partial charge in [0.05, 0.1) is 0 Å². The molecule has 0 aromatic carbocycles. The summed E-state index contributed by atoms with van der Waals surface area (Å²) >= 11 is 5.65. The molecule has 4 aliphatic rings. The van der Waals surface area contributed by atoms with Crippen LogP contribution in [0.5, 0.6) is 0 Å². The Kier molecular flexibility index (Phi) is 1.38. The van der Waals surface area contributed by atoms with Crippen LogP contribution in [0.15, 0.2) is 0 Å². The molecule has 2 bridgehead atoms. The van der Waals surface area contributed by atoms with Crippen molar-refractivity contribution in [3.05, 3.63) is 0 Å². The Bertz CT molecular complexity index is 291. The molecule has 14 heavy (non-hydrogen) atoms. The van der Waals surface area contributed by atoms with E-state index in [1.54, 1.807) is 0 Å². The van der Waals surface area contributed by atoms with Gasteiger partial charge in [-0.1, -0.05) is 6.42 Å². The molecule has 0 saturated heterocycles. The average molecular weight is 211 g/mol. The zero-order valence-corrected chi connectivity index (χ0v) is 8.91. The second kappa shape index (κ2) is 2.37. The number of carbonyl (C=O) groups is 1. The van der Waals surface area contributed by atoms with Crippen LogP contribution in [0.3, 0.4) is 0 Å². The van der Waals surface area contributed by atoms with Crippen molar-refractivity contribution in [3.8, 4) is 0 Å². The molecule has 0 N–H and O–H groups in total. The number of halogens is 1. The summed E-state index contributed by atoms with van der Waals surface area (Å²) in [5, 5.41) is -0.0327. The van der Waals surface area contributed by atoms with Crippen molar-refractivity contribution in [1.82, 2.24) is 0 Å². The predicted octanol–water partition coefficient (Wildman–Crippen LogP) is 2.68. The lowest BCUT2D eigenvalue weighted by molar-refractivity contribution is -0.113. The van der Waals surface area contributed by atoms with E-state index in [4.69, 9.17) is 11.6 Å². The van der Waals surface area contributed by atoms with Crippen molar-refractivity contribution < 1.29 is 4.79 Å². The first-order valence-corrected chi connectivity index (χ1v) is 6.36. The minimum atomic E-state index is -0.0327. The van der Waals surface area contributed by atoms with Crippen molar-refractivity contribution in [2.24, 2.45) is 41.4 Å². The SMILES string of the molecule is O=C(Cl)C1C2C3CC(C4CCCC43)C12. The van der Waals surface area contributed by atoms with Crippen molar-refractivity contribution >= 4 is 16.8 Å². The summed E-state index contributed by atoms with van der Waals surface area (Å²) in [7, 11) is 0. The zero-order valence-electron chi connectivity index (χ0n) is 8.16. The fourth-order valence-electron chi connectivity index (χ4n) is 5.39. The third kappa shape index (κ3) is 0.743. The highest BCUT2D eigenvalue weighted by atomic mass is 35.5. The number of rotatable bonds is 1. The van der Waals surface area contributed by atoms with E-state index in [2.05, 4.69) is 0 Å². The van der Waals surface area contributed by atoms with Gasteiger partial charge in [-0.15, -0.1) is 0 Å². The predicted molar refractivity (Wildman–Crippen MR) is 53.8 cm³/mol. The normalized spacial score (nSPS) is 62.5. The molecule has 6 atom stereocenters. The Hall–Kier alpha value is -0.0400. The summed E-state index contributed by atoms with van der Waals surface area (Å²) < 4.78 is 0. The lowest BCUT2D eigenvalue weighted by Crippen LogP contribution is -2.18. The molecule has 2 heteroatoms. The highest BCUT2D eigenvalue weighted by Gasteiger charge is 2.72. The molecule has 4 aliphatic carbocycles. The molecule has 0 aliphatic heterocycles. The average Bonchev–Trinajstić information content (AvgIpc) is 2.52. The molecule has 0 spiro atoms. The summed E-state index contributed by atoms with van der Waals surface area (Å²) in [5.41, 5.74) is 0. The van der Waals surface area contributed by atoms with E-state index in [0.717, 1.165) is 35.5 Å². The van der Waals surface area contributed by atoms with Gasteiger partial charge in [-0.3, -0.25) is 4.79 Å². The van der Waals surface area contributed by atoms with E-state index in [9.17, 15) is 4.79 Å². The van der Waals surface area contributed by atoms with Gasteiger partial charge in [0.25, 0.3) is 0 Å². The Balaban J connectivity index is 1.67. The minimum Gasteiger partial charge on any atom is -0.281 e. The van der Waals surface area contributed by atoms with Gasteiger partial charge in [0, 0.05) is 5.92 Å². The first-order valence-electron chi connectivity index (χ1n) is 5.98. The van der Waals surface area contributed by atoms with Gasteiger partial charge < -0.3 is 0 Å². The third-order valence-corrected chi connectivity index (χ3v) is 5.90. The fraction of sp³-hybridized carbons (Fsp3) is 0.917. The van der Waals surface area contributed by atoms with Gasteiger partial charge in [-0.05, 0) is 66.4 Å². The van der Waals surface area contributed by atoms with Crippen LogP contribution >= 0.6 is 11.6 Å². The number of carbonyl (C=O) groups excluding carboxylic acids is 1. The summed E-state index contributed by atoms with van der Waals surface area (Å²) in [5.74, 6) is 5.50. The molecular weight excluding hydrogens is 196 g/mol. The molecule has 1 nitrogen and oxygen atoms in total. The van der Waals surface area contributed by atoms with Gasteiger partial charge in [-0.2, -0.15) is 0 Å². The largest absolute Gasteiger partial charge is 0.281 e. The van der Waals surface area contributed by atoms with Crippen LogP contribution < -0.4 is 0 Å². The van der Waals surface area contributed by atoms with Gasteiger partial charge in [0.2, 0.25) is 5.24 Å². The molecular formula is C12H15ClO. The molecule has 0 aromatic rings. The Morgan fingerprint density at radius 1 is 1.00 bits per heavy atom. The minimum absolute atomic E-state index is 0.0327. The Morgan fingerprint density at radius 2 is 1.57 bits per heavy atom. The first kappa shape index (κ1) is 8.15. The molecule has 0 heterocycles. The summed E-state index contributed by atoms with van der Waals surface area (Å²) in [6.45, 7) is 0. The highest BCUT2D eigenvalue weighted by Crippen LogP contribution is 2.75. The molecule has 6 unspecified atom stereocenters. The monoisotopic (exact) mass is 210 g/mol. The Labute approximate surface area is 89.2 Å². The third-order valence-electron chi connectivity index (χ3n) is 5.65. The number of fused-ring (bicyclic) bond motifs is 8. The zero-order chi connectivity index (χ0) is 9.45. The van der Waals surface area contributed by atoms with Gasteiger partial charge in [-0.25, -0.2) is 0 Å². The lowest BCUT2D eigenvalue weighted by atomic mass is 9.82. The summed E-state index contributed by atoms with van der Waals surface area (Å²) in [4.78, 5) is 11.2. The highest BCUT2D eigenvalue weighted by molar-refractivity contribution is 6.64. The van der Waals surface area contributed by atoms with E-state index >= 15 is 0 Å². The fourth-order valence-corrected chi connectivity index (χ4v) is 5.69. The quantitative estimate of drug-likeness (QED) is 0.609. The molecule has 76 valence electrons. The Morgan fingerprint density at radius 3 is 2.07 bits per heavy atom. The van der Waals surface area contributed by atoms with Crippen molar-refractivity contribution in [3.63, 3.8) is 0 Å². The maximum atomic E-state index is 11.2. The second-order valence-electron chi connectivity index (χ2n) is 5.81. The molecule has 0 aromatic heterocycles. The van der Waals surface area contributed by atoms with Crippen LogP contribution in [0.2, 0.25) is 0 Å².